The first kappa shape index (κ1) is 21.6. The van der Waals surface area contributed by atoms with Crippen molar-refractivity contribution >= 4 is 28.7 Å². The standard InChI is InChI=1S/C24H24N4O6/c1-32-16-3-4-18-17(9-16)15(11-26-18)6-7-25-22(29)10-19-23(30)28(24(31)27-19)12-14-2-5-20-21(8-14)34-13-33-20/h2-5,8-9,11,19,26H,6-7,10,12-13H2,1H3,(H,25,29)(H,27,31). The van der Waals surface area contributed by atoms with Crippen molar-refractivity contribution in [1.82, 2.24) is 20.5 Å². The average Bonchev–Trinajstić information content (AvgIpc) is 3.53. The molecular formula is C24H24N4O6. The number of hydrogen-bond acceptors (Lipinski definition) is 6. The summed E-state index contributed by atoms with van der Waals surface area (Å²) in [7, 11) is 1.62. The Bertz CT molecular complexity index is 1270. The van der Waals surface area contributed by atoms with E-state index in [0.29, 0.717) is 24.5 Å². The second kappa shape index (κ2) is 8.97. The molecule has 5 rings (SSSR count). The van der Waals surface area contributed by atoms with Crippen LogP contribution in [0.4, 0.5) is 4.79 Å². The number of imide groups is 1. The molecular weight excluding hydrogens is 440 g/mol. The van der Waals surface area contributed by atoms with E-state index in [2.05, 4.69) is 15.6 Å². The second-order valence-electron chi connectivity index (χ2n) is 8.14. The molecule has 4 amide bonds. The monoisotopic (exact) mass is 464 g/mol. The maximum atomic E-state index is 12.7. The number of nitrogens with zero attached hydrogens (tertiary/aromatic N) is 1. The number of carbonyl (C=O) groups excluding carboxylic acids is 3. The maximum absolute atomic E-state index is 12.7. The largest absolute Gasteiger partial charge is 0.497 e. The van der Waals surface area contributed by atoms with E-state index in [0.717, 1.165) is 32.7 Å². The summed E-state index contributed by atoms with van der Waals surface area (Å²) in [6.07, 6.45) is 2.40. The first-order valence-electron chi connectivity index (χ1n) is 10.9. The number of rotatable bonds is 8. The van der Waals surface area contributed by atoms with Gasteiger partial charge in [-0.1, -0.05) is 6.07 Å². The van der Waals surface area contributed by atoms with Gasteiger partial charge in [0.2, 0.25) is 12.7 Å². The van der Waals surface area contributed by atoms with Crippen LogP contribution in [0.25, 0.3) is 10.9 Å². The highest BCUT2D eigenvalue weighted by atomic mass is 16.7. The molecule has 10 heteroatoms. The molecule has 1 atom stereocenters. The van der Waals surface area contributed by atoms with E-state index in [1.165, 1.54) is 0 Å². The molecule has 2 aliphatic heterocycles. The molecule has 1 saturated heterocycles. The summed E-state index contributed by atoms with van der Waals surface area (Å²) >= 11 is 0. The number of H-pyrrole nitrogens is 1. The van der Waals surface area contributed by atoms with Crippen molar-refractivity contribution in [3.8, 4) is 17.2 Å². The van der Waals surface area contributed by atoms with Gasteiger partial charge in [-0.25, -0.2) is 4.79 Å². The quantitative estimate of drug-likeness (QED) is 0.439. The third-order valence-electron chi connectivity index (χ3n) is 5.97. The van der Waals surface area contributed by atoms with Crippen molar-refractivity contribution < 1.29 is 28.6 Å². The first-order valence-corrected chi connectivity index (χ1v) is 10.9. The average molecular weight is 464 g/mol. The van der Waals surface area contributed by atoms with Crippen LogP contribution in [-0.4, -0.2) is 54.2 Å². The second-order valence-corrected chi connectivity index (χ2v) is 8.14. The van der Waals surface area contributed by atoms with E-state index in [1.807, 2.05) is 24.4 Å². The lowest BCUT2D eigenvalue weighted by molar-refractivity contribution is -0.131. The summed E-state index contributed by atoms with van der Waals surface area (Å²) in [5.74, 6) is 1.23. The zero-order chi connectivity index (χ0) is 23.7. The van der Waals surface area contributed by atoms with E-state index in [4.69, 9.17) is 14.2 Å². The Hall–Kier alpha value is -4.21. The van der Waals surface area contributed by atoms with Crippen LogP contribution in [0.3, 0.4) is 0 Å². The molecule has 2 aliphatic rings. The van der Waals surface area contributed by atoms with Crippen LogP contribution >= 0.6 is 0 Å². The minimum absolute atomic E-state index is 0.0868. The molecule has 1 unspecified atom stereocenters. The molecule has 1 fully saturated rings. The van der Waals surface area contributed by atoms with Crippen LogP contribution in [-0.2, 0) is 22.6 Å². The van der Waals surface area contributed by atoms with Gasteiger partial charge >= 0.3 is 6.03 Å². The molecule has 0 bridgehead atoms. The van der Waals surface area contributed by atoms with Gasteiger partial charge in [0.1, 0.15) is 11.8 Å². The van der Waals surface area contributed by atoms with Crippen molar-refractivity contribution in [3.05, 3.63) is 53.7 Å². The Morgan fingerprint density at radius 1 is 1.18 bits per heavy atom. The zero-order valence-electron chi connectivity index (χ0n) is 18.6. The summed E-state index contributed by atoms with van der Waals surface area (Å²) in [6.45, 7) is 0.635. The zero-order valence-corrected chi connectivity index (χ0v) is 18.6. The number of urea groups is 1. The van der Waals surface area contributed by atoms with E-state index in [9.17, 15) is 14.4 Å². The van der Waals surface area contributed by atoms with E-state index in [-0.39, 0.29) is 25.7 Å². The smallest absolute Gasteiger partial charge is 0.325 e. The lowest BCUT2D eigenvalue weighted by atomic mass is 10.1. The predicted octanol–water partition coefficient (Wildman–Crippen LogP) is 2.07. The highest BCUT2D eigenvalue weighted by Gasteiger charge is 2.39. The number of fused-ring (bicyclic) bond motifs is 2. The molecule has 0 radical (unpaired) electrons. The lowest BCUT2D eigenvalue weighted by Gasteiger charge is -2.13. The third-order valence-corrected chi connectivity index (χ3v) is 5.97. The molecule has 3 heterocycles. The van der Waals surface area contributed by atoms with Gasteiger partial charge in [-0.3, -0.25) is 14.5 Å². The molecule has 3 N–H and O–H groups in total. The lowest BCUT2D eigenvalue weighted by Crippen LogP contribution is -2.37. The summed E-state index contributed by atoms with van der Waals surface area (Å²) < 4.78 is 15.9. The van der Waals surface area contributed by atoms with Crippen molar-refractivity contribution in [3.63, 3.8) is 0 Å². The number of benzene rings is 2. The number of carbonyl (C=O) groups is 3. The van der Waals surface area contributed by atoms with Gasteiger partial charge in [-0.15, -0.1) is 0 Å². The fourth-order valence-electron chi connectivity index (χ4n) is 4.17. The Labute approximate surface area is 195 Å². The molecule has 10 nitrogen and oxygen atoms in total. The Morgan fingerprint density at radius 3 is 2.88 bits per heavy atom. The summed E-state index contributed by atoms with van der Waals surface area (Å²) in [5.41, 5.74) is 2.77. The molecule has 1 aromatic heterocycles. The number of aromatic amines is 1. The first-order chi connectivity index (χ1) is 16.5. The van der Waals surface area contributed by atoms with Crippen LogP contribution in [0.15, 0.2) is 42.6 Å². The van der Waals surface area contributed by atoms with Gasteiger partial charge in [-0.2, -0.15) is 0 Å². The van der Waals surface area contributed by atoms with Crippen LogP contribution < -0.4 is 24.8 Å². The number of hydrogen-bond donors (Lipinski definition) is 3. The Morgan fingerprint density at radius 2 is 2.03 bits per heavy atom. The van der Waals surface area contributed by atoms with Crippen LogP contribution in [0.5, 0.6) is 17.2 Å². The van der Waals surface area contributed by atoms with Gasteiger partial charge in [0.25, 0.3) is 5.91 Å². The number of methoxy groups -OCH3 is 1. The molecule has 2 aromatic carbocycles. The molecule has 0 spiro atoms. The molecule has 176 valence electrons. The highest BCUT2D eigenvalue weighted by Crippen LogP contribution is 2.33. The van der Waals surface area contributed by atoms with Crippen LogP contribution in [0.2, 0.25) is 0 Å². The van der Waals surface area contributed by atoms with Crippen molar-refractivity contribution in [2.45, 2.75) is 25.4 Å². The van der Waals surface area contributed by atoms with Crippen molar-refractivity contribution in [2.24, 2.45) is 0 Å². The van der Waals surface area contributed by atoms with Crippen LogP contribution in [0, 0.1) is 0 Å². The molecule has 34 heavy (non-hydrogen) atoms. The summed E-state index contributed by atoms with van der Waals surface area (Å²) in [4.78, 5) is 41.9. The minimum atomic E-state index is -0.890. The van der Waals surface area contributed by atoms with Crippen LogP contribution in [0.1, 0.15) is 17.5 Å². The Kier molecular flexibility index (Phi) is 5.70. The molecule has 3 aromatic rings. The van der Waals surface area contributed by atoms with Gasteiger partial charge in [0.05, 0.1) is 20.1 Å². The minimum Gasteiger partial charge on any atom is -0.497 e. The fourth-order valence-corrected chi connectivity index (χ4v) is 4.17. The van der Waals surface area contributed by atoms with Crippen molar-refractivity contribution in [1.29, 1.82) is 0 Å². The third kappa shape index (κ3) is 4.21. The van der Waals surface area contributed by atoms with Gasteiger partial charge in [0, 0.05) is 23.6 Å². The normalized spacial score (nSPS) is 16.7. The topological polar surface area (TPSA) is 122 Å². The summed E-state index contributed by atoms with van der Waals surface area (Å²) in [6, 6.07) is 9.62. The van der Waals surface area contributed by atoms with E-state index in [1.54, 1.807) is 25.3 Å². The SMILES string of the molecule is COc1ccc2[nH]cc(CCNC(=O)CC3NC(=O)N(Cc4ccc5c(c4)OCO5)C3=O)c2c1. The van der Waals surface area contributed by atoms with Crippen molar-refractivity contribution in [2.75, 3.05) is 20.4 Å². The number of amides is 4. The predicted molar refractivity (Wildman–Crippen MR) is 122 cm³/mol. The summed E-state index contributed by atoms with van der Waals surface area (Å²) in [5, 5.41) is 6.47. The van der Waals surface area contributed by atoms with Gasteiger partial charge in [-0.05, 0) is 47.9 Å². The number of ether oxygens (including phenoxy) is 3. The maximum Gasteiger partial charge on any atom is 0.325 e. The number of aromatic nitrogens is 1. The fraction of sp³-hybridized carbons (Fsp3) is 0.292. The number of nitrogens with one attached hydrogen (secondary N) is 3. The van der Waals surface area contributed by atoms with E-state index < -0.39 is 18.0 Å². The molecule has 0 aliphatic carbocycles. The van der Waals surface area contributed by atoms with E-state index >= 15 is 0 Å². The Balaban J connectivity index is 1.14. The highest BCUT2D eigenvalue weighted by molar-refractivity contribution is 6.05. The molecule has 0 saturated carbocycles. The van der Waals surface area contributed by atoms with Gasteiger partial charge < -0.3 is 29.8 Å². The van der Waals surface area contributed by atoms with Gasteiger partial charge in [0.15, 0.2) is 11.5 Å².